The van der Waals surface area contributed by atoms with Gasteiger partial charge in [0.25, 0.3) is 5.56 Å². The highest BCUT2D eigenvalue weighted by atomic mass is 32.1. The van der Waals surface area contributed by atoms with Crippen LogP contribution in [0.25, 0.3) is 16.5 Å². The van der Waals surface area contributed by atoms with E-state index in [9.17, 15) is 14.0 Å². The first-order valence-corrected chi connectivity index (χ1v) is 7.64. The molecule has 0 aliphatic rings. The molecule has 0 aliphatic carbocycles. The maximum absolute atomic E-state index is 13.1. The highest BCUT2D eigenvalue weighted by Gasteiger charge is 2.21. The Hall–Kier alpha value is -2.74. The van der Waals surface area contributed by atoms with E-state index in [1.54, 1.807) is 12.3 Å². The Balaban J connectivity index is 2.32. The van der Waals surface area contributed by atoms with Gasteiger partial charge < -0.3 is 10.5 Å². The third-order valence-corrected chi connectivity index (χ3v) is 4.03. The number of rotatable bonds is 3. The molecule has 0 saturated heterocycles. The van der Waals surface area contributed by atoms with E-state index < -0.39 is 17.3 Å². The molecule has 0 saturated carbocycles. The SMILES string of the molecule is CCOC(=O)c1nn(-c2ccc([18F])cc2)c(=O)c2c(N)scc12. The zero-order valence-corrected chi connectivity index (χ0v) is 12.9. The number of ether oxygens (including phenoxy) is 1. The molecular weight excluding hydrogens is 320 g/mol. The number of carbonyl (C=O) groups is 1. The second-order valence-corrected chi connectivity index (χ2v) is 5.56. The summed E-state index contributed by atoms with van der Waals surface area (Å²) in [5.41, 5.74) is 5.71. The van der Waals surface area contributed by atoms with Crippen LogP contribution in [0, 0.1) is 5.82 Å². The zero-order valence-electron chi connectivity index (χ0n) is 12.1. The molecule has 0 spiro atoms. The molecule has 0 radical (unpaired) electrons. The van der Waals surface area contributed by atoms with E-state index in [0.29, 0.717) is 11.1 Å². The molecule has 0 bridgehead atoms. The number of thiophene rings is 1. The molecule has 0 aliphatic heterocycles. The quantitative estimate of drug-likeness (QED) is 0.744. The van der Waals surface area contributed by atoms with Gasteiger partial charge in [-0.2, -0.15) is 9.78 Å². The van der Waals surface area contributed by atoms with Crippen molar-refractivity contribution in [3.8, 4) is 5.69 Å². The first-order chi connectivity index (χ1) is 11.0. The fourth-order valence-electron chi connectivity index (χ4n) is 2.18. The second-order valence-electron chi connectivity index (χ2n) is 4.65. The maximum atomic E-state index is 13.1. The Labute approximate surface area is 133 Å². The van der Waals surface area contributed by atoms with Crippen LogP contribution in [0.1, 0.15) is 17.4 Å². The van der Waals surface area contributed by atoms with Crippen molar-refractivity contribution in [1.82, 2.24) is 9.78 Å². The van der Waals surface area contributed by atoms with Crippen LogP contribution in [-0.4, -0.2) is 22.4 Å². The number of benzene rings is 1. The lowest BCUT2D eigenvalue weighted by atomic mass is 10.2. The molecule has 2 aromatic heterocycles. The summed E-state index contributed by atoms with van der Waals surface area (Å²) in [6.45, 7) is 1.85. The number of nitrogen functional groups attached to an aromatic ring is 1. The minimum Gasteiger partial charge on any atom is -0.461 e. The number of carbonyl (C=O) groups excluding carboxylic acids is 1. The summed E-state index contributed by atoms with van der Waals surface area (Å²) in [6, 6.07) is 5.20. The lowest BCUT2D eigenvalue weighted by Gasteiger charge is -2.09. The number of nitrogens with zero attached hydrogens (tertiary/aromatic N) is 2. The monoisotopic (exact) mass is 332 g/mol. The van der Waals surface area contributed by atoms with Crippen LogP contribution in [0.4, 0.5) is 9.39 Å². The Bertz CT molecular complexity index is 947. The normalized spacial score (nSPS) is 10.9. The van der Waals surface area contributed by atoms with Gasteiger partial charge in [-0.3, -0.25) is 4.79 Å². The summed E-state index contributed by atoms with van der Waals surface area (Å²) >= 11 is 1.14. The number of hydrogen-bond donors (Lipinski definition) is 1. The number of hydrogen-bond acceptors (Lipinski definition) is 6. The van der Waals surface area contributed by atoms with Crippen molar-refractivity contribution in [3.05, 3.63) is 51.5 Å². The third kappa shape index (κ3) is 2.57. The van der Waals surface area contributed by atoms with Gasteiger partial charge in [0.05, 0.1) is 22.7 Å². The van der Waals surface area contributed by atoms with Crippen LogP contribution in [-0.2, 0) is 4.74 Å². The van der Waals surface area contributed by atoms with Gasteiger partial charge in [0.1, 0.15) is 5.82 Å². The van der Waals surface area contributed by atoms with Crippen molar-refractivity contribution in [3.63, 3.8) is 0 Å². The zero-order chi connectivity index (χ0) is 16.6. The molecule has 0 amide bonds. The van der Waals surface area contributed by atoms with Gasteiger partial charge in [0, 0.05) is 10.8 Å². The molecule has 0 unspecified atom stereocenters. The summed E-state index contributed by atoms with van der Waals surface area (Å²) in [5.74, 6) is -1.09. The summed E-state index contributed by atoms with van der Waals surface area (Å²) in [4.78, 5) is 24.7. The number of nitrogens with two attached hydrogens (primary N) is 1. The average molecular weight is 332 g/mol. The van der Waals surface area contributed by atoms with Crippen LogP contribution in [0.3, 0.4) is 0 Å². The number of fused-ring (bicyclic) bond motifs is 1. The summed E-state index contributed by atoms with van der Waals surface area (Å²) in [5, 5.41) is 6.54. The summed E-state index contributed by atoms with van der Waals surface area (Å²) in [6.07, 6.45) is 0. The van der Waals surface area contributed by atoms with E-state index in [-0.39, 0.29) is 22.7 Å². The van der Waals surface area contributed by atoms with Crippen molar-refractivity contribution in [2.45, 2.75) is 6.92 Å². The number of anilines is 1. The Morgan fingerprint density at radius 1 is 1.39 bits per heavy atom. The van der Waals surface area contributed by atoms with Gasteiger partial charge in [-0.05, 0) is 31.2 Å². The molecule has 118 valence electrons. The van der Waals surface area contributed by atoms with E-state index >= 15 is 0 Å². The minimum atomic E-state index is -0.647. The molecule has 23 heavy (non-hydrogen) atoms. The van der Waals surface area contributed by atoms with Crippen LogP contribution in [0.15, 0.2) is 34.4 Å². The van der Waals surface area contributed by atoms with E-state index in [0.717, 1.165) is 16.0 Å². The highest BCUT2D eigenvalue weighted by Crippen LogP contribution is 2.27. The molecule has 2 N–H and O–H groups in total. The van der Waals surface area contributed by atoms with Crippen molar-refractivity contribution in [2.75, 3.05) is 12.3 Å². The molecule has 2 heterocycles. The van der Waals surface area contributed by atoms with Crippen molar-refractivity contribution >= 4 is 33.1 Å². The number of aromatic nitrogens is 2. The topological polar surface area (TPSA) is 87.2 Å². The molecule has 0 fully saturated rings. The summed E-state index contributed by atoms with van der Waals surface area (Å²) in [7, 11) is 0. The van der Waals surface area contributed by atoms with E-state index in [1.807, 2.05) is 0 Å². The Morgan fingerprint density at radius 2 is 2.09 bits per heavy atom. The van der Waals surface area contributed by atoms with E-state index in [1.165, 1.54) is 24.3 Å². The highest BCUT2D eigenvalue weighted by molar-refractivity contribution is 7.15. The summed E-state index contributed by atoms with van der Waals surface area (Å²) < 4.78 is 19.1. The van der Waals surface area contributed by atoms with Gasteiger partial charge >= 0.3 is 5.97 Å². The van der Waals surface area contributed by atoms with Crippen molar-refractivity contribution in [1.29, 1.82) is 0 Å². The smallest absolute Gasteiger partial charge is 0.359 e. The molecule has 8 heteroatoms. The standard InChI is InChI=1S/C15H12FN3O3S/c1-2-22-15(21)12-10-7-23-13(17)11(10)14(20)19(18-12)9-5-3-8(16)4-6-9/h3-7H,2,17H2,1H3/i16-1. The Kier molecular flexibility index (Phi) is 3.83. The fourth-order valence-corrected chi connectivity index (χ4v) is 2.97. The molecule has 3 rings (SSSR count). The third-order valence-electron chi connectivity index (χ3n) is 3.22. The maximum Gasteiger partial charge on any atom is 0.359 e. The Morgan fingerprint density at radius 3 is 2.74 bits per heavy atom. The fraction of sp³-hybridized carbons (Fsp3) is 0.133. The predicted octanol–water partition coefficient (Wildman–Crippen LogP) is 2.35. The number of halogens is 1. The first kappa shape index (κ1) is 15.2. The average Bonchev–Trinajstić information content (AvgIpc) is 2.91. The molecule has 3 aromatic rings. The van der Waals surface area contributed by atoms with Gasteiger partial charge in [-0.15, -0.1) is 11.3 Å². The van der Waals surface area contributed by atoms with Crippen LogP contribution < -0.4 is 11.3 Å². The van der Waals surface area contributed by atoms with Crippen molar-refractivity contribution < 1.29 is 13.9 Å². The van der Waals surface area contributed by atoms with Gasteiger partial charge in [0.15, 0.2) is 5.69 Å². The minimum absolute atomic E-state index is 0.00118. The van der Waals surface area contributed by atoms with Crippen LogP contribution in [0.5, 0.6) is 0 Å². The van der Waals surface area contributed by atoms with Gasteiger partial charge in [0.2, 0.25) is 0 Å². The first-order valence-electron chi connectivity index (χ1n) is 6.76. The van der Waals surface area contributed by atoms with Gasteiger partial charge in [-0.1, -0.05) is 0 Å². The van der Waals surface area contributed by atoms with Gasteiger partial charge in [-0.25, -0.2) is 9.18 Å². The van der Waals surface area contributed by atoms with E-state index in [4.69, 9.17) is 10.5 Å². The molecule has 0 atom stereocenters. The number of esters is 1. The van der Waals surface area contributed by atoms with E-state index in [2.05, 4.69) is 5.10 Å². The van der Waals surface area contributed by atoms with Crippen LogP contribution >= 0.6 is 11.3 Å². The molecule has 6 nitrogen and oxygen atoms in total. The molecule has 1 aromatic carbocycles. The lowest BCUT2D eigenvalue weighted by molar-refractivity contribution is 0.0520. The largest absolute Gasteiger partial charge is 0.461 e. The molecular formula is C15H12FN3O3S. The lowest BCUT2D eigenvalue weighted by Crippen LogP contribution is -2.25. The predicted molar refractivity (Wildman–Crippen MR) is 85.5 cm³/mol. The van der Waals surface area contributed by atoms with Crippen molar-refractivity contribution in [2.24, 2.45) is 0 Å². The second kappa shape index (κ2) is 5.81. The van der Waals surface area contributed by atoms with Crippen LogP contribution in [0.2, 0.25) is 0 Å².